The molecule has 2 aliphatic rings. The molecule has 2 aliphatic heterocycles. The lowest BCUT2D eigenvalue weighted by atomic mass is 10.1. The SMILES string of the molecule is CC(C)NC(=O)ON1CCc2sc(OCCCN3CCCC3)cc2C1. The zero-order valence-corrected chi connectivity index (χ0v) is 16.1. The van der Waals surface area contributed by atoms with Crippen LogP contribution in [-0.4, -0.2) is 54.9 Å². The van der Waals surface area contributed by atoms with Gasteiger partial charge in [-0.25, -0.2) is 4.79 Å². The Morgan fingerprint density at radius 3 is 2.88 bits per heavy atom. The quantitative estimate of drug-likeness (QED) is 0.751. The zero-order chi connectivity index (χ0) is 17.6. The van der Waals surface area contributed by atoms with E-state index in [1.165, 1.54) is 36.4 Å². The average Bonchev–Trinajstić information content (AvgIpc) is 3.19. The predicted molar refractivity (Wildman–Crippen MR) is 99.0 cm³/mol. The molecule has 3 heterocycles. The van der Waals surface area contributed by atoms with Gasteiger partial charge in [-0.15, -0.1) is 16.4 Å². The highest BCUT2D eigenvalue weighted by Gasteiger charge is 2.22. The van der Waals surface area contributed by atoms with Gasteiger partial charge in [-0.05, 0) is 64.3 Å². The standard InChI is InChI=1S/C18H29N3O3S/c1-14(2)19-18(22)24-21-10-6-16-15(13-21)12-17(25-16)23-11-5-9-20-7-3-4-8-20/h12,14H,3-11,13H2,1-2H3,(H,19,22). The predicted octanol–water partition coefficient (Wildman–Crippen LogP) is 3.02. The van der Waals surface area contributed by atoms with Crippen LogP contribution in [-0.2, 0) is 17.8 Å². The van der Waals surface area contributed by atoms with Gasteiger partial charge in [-0.3, -0.25) is 0 Å². The highest BCUT2D eigenvalue weighted by atomic mass is 32.1. The molecule has 0 bridgehead atoms. The fourth-order valence-corrected chi connectivity index (χ4v) is 4.31. The summed E-state index contributed by atoms with van der Waals surface area (Å²) in [6, 6.07) is 2.18. The minimum absolute atomic E-state index is 0.0783. The number of likely N-dealkylation sites (tertiary alicyclic amines) is 1. The number of carbonyl (C=O) groups excluding carboxylic acids is 1. The molecule has 0 unspecified atom stereocenters. The van der Waals surface area contributed by atoms with Crippen molar-refractivity contribution in [2.75, 3.05) is 32.8 Å². The number of fused-ring (bicyclic) bond motifs is 1. The molecule has 1 amide bonds. The van der Waals surface area contributed by atoms with E-state index < -0.39 is 0 Å². The van der Waals surface area contributed by atoms with Crippen LogP contribution < -0.4 is 10.1 Å². The Labute approximate surface area is 154 Å². The number of nitrogens with zero attached hydrogens (tertiary/aromatic N) is 2. The van der Waals surface area contributed by atoms with Gasteiger partial charge in [-0.2, -0.15) is 0 Å². The van der Waals surface area contributed by atoms with Crippen LogP contribution in [0.2, 0.25) is 0 Å². The first kappa shape index (κ1) is 18.5. The Kier molecular flexibility index (Phi) is 6.56. The first-order valence-corrected chi connectivity index (χ1v) is 10.1. The van der Waals surface area contributed by atoms with Crippen molar-refractivity contribution < 1.29 is 14.4 Å². The van der Waals surface area contributed by atoms with Crippen LogP contribution in [0.25, 0.3) is 0 Å². The van der Waals surface area contributed by atoms with E-state index in [1.54, 1.807) is 16.4 Å². The number of hydroxylamine groups is 2. The Morgan fingerprint density at radius 2 is 2.12 bits per heavy atom. The Hall–Kier alpha value is -1.31. The van der Waals surface area contributed by atoms with Crippen molar-refractivity contribution in [2.45, 2.75) is 52.1 Å². The molecule has 1 saturated heterocycles. The molecule has 0 radical (unpaired) electrons. The van der Waals surface area contributed by atoms with E-state index in [1.807, 2.05) is 13.8 Å². The third-order valence-corrected chi connectivity index (χ3v) is 5.64. The second kappa shape index (κ2) is 8.87. The van der Waals surface area contributed by atoms with Crippen LogP contribution >= 0.6 is 11.3 Å². The molecular formula is C18H29N3O3S. The fourth-order valence-electron chi connectivity index (χ4n) is 3.28. The third kappa shape index (κ3) is 5.59. The summed E-state index contributed by atoms with van der Waals surface area (Å²) in [4.78, 5) is 20.9. The molecule has 0 saturated carbocycles. The molecule has 0 spiro atoms. The zero-order valence-electron chi connectivity index (χ0n) is 15.3. The van der Waals surface area contributed by atoms with Crippen LogP contribution in [0.3, 0.4) is 0 Å². The molecule has 140 valence electrons. The van der Waals surface area contributed by atoms with E-state index in [-0.39, 0.29) is 12.1 Å². The molecule has 0 atom stereocenters. The normalized spacial score (nSPS) is 18.4. The molecule has 3 rings (SSSR count). The Balaban J connectivity index is 1.41. The number of nitrogens with one attached hydrogen (secondary N) is 1. The van der Waals surface area contributed by atoms with Crippen molar-refractivity contribution in [2.24, 2.45) is 0 Å². The average molecular weight is 368 g/mol. The van der Waals surface area contributed by atoms with Crippen molar-refractivity contribution in [3.8, 4) is 5.06 Å². The van der Waals surface area contributed by atoms with E-state index >= 15 is 0 Å². The van der Waals surface area contributed by atoms with Crippen molar-refractivity contribution in [1.82, 2.24) is 15.3 Å². The van der Waals surface area contributed by atoms with Gasteiger partial charge >= 0.3 is 6.09 Å². The minimum atomic E-state index is -0.382. The number of amides is 1. The van der Waals surface area contributed by atoms with Crippen molar-refractivity contribution in [3.05, 3.63) is 16.5 Å². The summed E-state index contributed by atoms with van der Waals surface area (Å²) in [5.74, 6) is 0. The van der Waals surface area contributed by atoms with Crippen LogP contribution in [0.15, 0.2) is 6.07 Å². The molecule has 1 fully saturated rings. The number of hydrogen-bond acceptors (Lipinski definition) is 6. The lowest BCUT2D eigenvalue weighted by Crippen LogP contribution is -2.39. The monoisotopic (exact) mass is 367 g/mol. The molecule has 1 aromatic rings. The molecule has 6 nitrogen and oxygen atoms in total. The summed E-state index contributed by atoms with van der Waals surface area (Å²) in [5, 5.41) is 5.46. The maximum absolute atomic E-state index is 11.7. The summed E-state index contributed by atoms with van der Waals surface area (Å²) < 4.78 is 5.94. The van der Waals surface area contributed by atoms with Crippen LogP contribution in [0.4, 0.5) is 4.79 Å². The molecule has 1 aromatic heterocycles. The first-order valence-electron chi connectivity index (χ1n) is 9.30. The molecule has 25 heavy (non-hydrogen) atoms. The highest BCUT2D eigenvalue weighted by Crippen LogP contribution is 2.33. The van der Waals surface area contributed by atoms with E-state index in [0.29, 0.717) is 6.54 Å². The van der Waals surface area contributed by atoms with E-state index in [0.717, 1.165) is 37.6 Å². The lowest BCUT2D eigenvalue weighted by molar-refractivity contribution is -0.111. The Morgan fingerprint density at radius 1 is 1.32 bits per heavy atom. The number of hydrogen-bond donors (Lipinski definition) is 1. The maximum Gasteiger partial charge on any atom is 0.426 e. The first-order chi connectivity index (χ1) is 12.1. The Bertz CT molecular complexity index is 570. The van der Waals surface area contributed by atoms with Crippen LogP contribution in [0.5, 0.6) is 5.06 Å². The van der Waals surface area contributed by atoms with Crippen molar-refractivity contribution >= 4 is 17.4 Å². The summed E-state index contributed by atoms with van der Waals surface area (Å²) in [7, 11) is 0. The molecule has 7 heteroatoms. The number of carbonyl (C=O) groups is 1. The van der Waals surface area contributed by atoms with Gasteiger partial charge in [0.2, 0.25) is 0 Å². The second-order valence-electron chi connectivity index (χ2n) is 7.06. The molecule has 0 aromatic carbocycles. The molecule has 0 aliphatic carbocycles. The number of ether oxygens (including phenoxy) is 1. The van der Waals surface area contributed by atoms with Crippen LogP contribution in [0.1, 0.15) is 43.6 Å². The highest BCUT2D eigenvalue weighted by molar-refractivity contribution is 7.14. The summed E-state index contributed by atoms with van der Waals surface area (Å²) in [6.45, 7) is 9.59. The number of thiophene rings is 1. The van der Waals surface area contributed by atoms with E-state index in [2.05, 4.69) is 16.3 Å². The van der Waals surface area contributed by atoms with E-state index in [4.69, 9.17) is 9.57 Å². The number of rotatable bonds is 7. The van der Waals surface area contributed by atoms with E-state index in [9.17, 15) is 4.79 Å². The van der Waals surface area contributed by atoms with Gasteiger partial charge in [0, 0.05) is 24.0 Å². The molecule has 1 N–H and O–H groups in total. The lowest BCUT2D eigenvalue weighted by Gasteiger charge is -2.25. The van der Waals surface area contributed by atoms with Gasteiger partial charge < -0.3 is 19.8 Å². The smallest absolute Gasteiger partial charge is 0.426 e. The summed E-state index contributed by atoms with van der Waals surface area (Å²) in [6.07, 6.45) is 4.27. The summed E-state index contributed by atoms with van der Waals surface area (Å²) in [5.41, 5.74) is 1.21. The minimum Gasteiger partial charge on any atom is -0.484 e. The topological polar surface area (TPSA) is 54.0 Å². The van der Waals surface area contributed by atoms with Crippen molar-refractivity contribution in [1.29, 1.82) is 0 Å². The largest absolute Gasteiger partial charge is 0.484 e. The maximum atomic E-state index is 11.7. The summed E-state index contributed by atoms with van der Waals surface area (Å²) >= 11 is 1.73. The second-order valence-corrected chi connectivity index (χ2v) is 8.16. The fraction of sp³-hybridized carbons (Fsp3) is 0.722. The molecular weight excluding hydrogens is 338 g/mol. The third-order valence-electron chi connectivity index (χ3n) is 4.49. The van der Waals surface area contributed by atoms with Gasteiger partial charge in [-0.1, -0.05) is 0 Å². The van der Waals surface area contributed by atoms with Crippen LogP contribution in [0, 0.1) is 0 Å². The van der Waals surface area contributed by atoms with Gasteiger partial charge in [0.1, 0.15) is 0 Å². The van der Waals surface area contributed by atoms with Gasteiger partial charge in [0.15, 0.2) is 5.06 Å². The van der Waals surface area contributed by atoms with Crippen molar-refractivity contribution in [3.63, 3.8) is 0 Å². The van der Waals surface area contributed by atoms with Gasteiger partial charge in [0.25, 0.3) is 0 Å². The van der Waals surface area contributed by atoms with Gasteiger partial charge in [0.05, 0.1) is 13.2 Å².